The van der Waals surface area contributed by atoms with E-state index in [4.69, 9.17) is 4.74 Å². The minimum Gasteiger partial charge on any atom is -0.376 e. The first kappa shape index (κ1) is 15.4. The molecular formula is C15H19FN2O3. The van der Waals surface area contributed by atoms with E-state index in [-0.39, 0.29) is 30.9 Å². The van der Waals surface area contributed by atoms with Crippen LogP contribution in [0.3, 0.4) is 0 Å². The molecule has 1 N–H and O–H groups in total. The molecule has 1 saturated heterocycles. The Labute approximate surface area is 123 Å². The van der Waals surface area contributed by atoms with E-state index in [2.05, 4.69) is 5.32 Å². The summed E-state index contributed by atoms with van der Waals surface area (Å²) in [4.78, 5) is 24.0. The van der Waals surface area contributed by atoms with Gasteiger partial charge >= 0.3 is 0 Å². The zero-order valence-electron chi connectivity index (χ0n) is 11.8. The van der Waals surface area contributed by atoms with Crippen LogP contribution in [0.2, 0.25) is 0 Å². The Hall–Kier alpha value is -1.95. The van der Waals surface area contributed by atoms with Gasteiger partial charge in [0.2, 0.25) is 12.3 Å². The van der Waals surface area contributed by atoms with Crippen LogP contribution in [0.25, 0.3) is 0 Å². The number of nitrogens with zero attached hydrogens (tertiary/aromatic N) is 1. The van der Waals surface area contributed by atoms with E-state index >= 15 is 0 Å². The number of carbonyl (C=O) groups excluding carboxylic acids is 2. The number of hydrogen-bond donors (Lipinski definition) is 1. The molecule has 2 rings (SSSR count). The molecule has 1 aromatic carbocycles. The predicted molar refractivity (Wildman–Crippen MR) is 74.9 cm³/mol. The summed E-state index contributed by atoms with van der Waals surface area (Å²) in [5.41, 5.74) is 0.386. The Kier molecular flexibility index (Phi) is 5.68. The number of halogens is 1. The quantitative estimate of drug-likeness (QED) is 0.766. The lowest BCUT2D eigenvalue weighted by molar-refractivity contribution is -0.128. The van der Waals surface area contributed by atoms with Gasteiger partial charge in [0, 0.05) is 25.3 Å². The Morgan fingerprint density at radius 2 is 2.29 bits per heavy atom. The summed E-state index contributed by atoms with van der Waals surface area (Å²) in [5.74, 6) is -0.655. The van der Waals surface area contributed by atoms with Crippen molar-refractivity contribution in [2.75, 3.05) is 19.7 Å². The van der Waals surface area contributed by atoms with Gasteiger partial charge in [-0.25, -0.2) is 4.39 Å². The van der Waals surface area contributed by atoms with Crippen LogP contribution < -0.4 is 5.32 Å². The highest BCUT2D eigenvalue weighted by atomic mass is 19.1. The molecular weight excluding hydrogens is 275 g/mol. The zero-order chi connectivity index (χ0) is 15.1. The molecule has 1 aromatic rings. The highest BCUT2D eigenvalue weighted by Crippen LogP contribution is 2.11. The predicted octanol–water partition coefficient (Wildman–Crippen LogP) is 1.08. The molecule has 0 aromatic heterocycles. The average Bonchev–Trinajstić information content (AvgIpc) is 3.00. The van der Waals surface area contributed by atoms with Crippen LogP contribution >= 0.6 is 0 Å². The number of nitrogens with one attached hydrogen (secondary N) is 1. The van der Waals surface area contributed by atoms with Gasteiger partial charge < -0.3 is 15.0 Å². The minimum atomic E-state index is -0.385. The van der Waals surface area contributed by atoms with E-state index in [0.29, 0.717) is 18.5 Å². The number of benzene rings is 1. The van der Waals surface area contributed by atoms with E-state index in [0.717, 1.165) is 19.4 Å². The van der Waals surface area contributed by atoms with Crippen LogP contribution in [0.4, 0.5) is 4.39 Å². The average molecular weight is 294 g/mol. The van der Waals surface area contributed by atoms with E-state index in [1.807, 2.05) is 0 Å². The van der Waals surface area contributed by atoms with Crippen molar-refractivity contribution >= 4 is 12.3 Å². The van der Waals surface area contributed by atoms with Crippen LogP contribution in [0.1, 0.15) is 18.4 Å². The molecule has 1 unspecified atom stereocenters. The van der Waals surface area contributed by atoms with Crippen molar-refractivity contribution in [2.45, 2.75) is 25.5 Å². The standard InChI is InChI=1S/C15H19FN2O3/c16-14-6-2-1-4-12(14)9-18(11-19)10-15(20)17-8-13-5-3-7-21-13/h1-2,4,6,11,13H,3,5,7-10H2,(H,17,20). The summed E-state index contributed by atoms with van der Waals surface area (Å²) < 4.78 is 18.9. The number of hydrogen-bond acceptors (Lipinski definition) is 3. The molecule has 6 heteroatoms. The highest BCUT2D eigenvalue weighted by molar-refractivity contribution is 5.79. The van der Waals surface area contributed by atoms with Gasteiger partial charge in [-0.1, -0.05) is 18.2 Å². The molecule has 1 fully saturated rings. The second-order valence-electron chi connectivity index (χ2n) is 5.04. The summed E-state index contributed by atoms with van der Waals surface area (Å²) in [6.45, 7) is 1.16. The van der Waals surface area contributed by atoms with Crippen molar-refractivity contribution in [3.05, 3.63) is 35.6 Å². The first-order valence-corrected chi connectivity index (χ1v) is 7.00. The molecule has 1 aliphatic rings. The number of amides is 2. The topological polar surface area (TPSA) is 58.6 Å². The van der Waals surface area contributed by atoms with Crippen molar-refractivity contribution in [1.29, 1.82) is 0 Å². The largest absolute Gasteiger partial charge is 0.376 e. The normalized spacial score (nSPS) is 17.5. The van der Waals surface area contributed by atoms with Gasteiger partial charge in [0.1, 0.15) is 5.82 Å². The van der Waals surface area contributed by atoms with Crippen molar-refractivity contribution in [2.24, 2.45) is 0 Å². The lowest BCUT2D eigenvalue weighted by Gasteiger charge is -2.18. The fourth-order valence-corrected chi connectivity index (χ4v) is 2.25. The van der Waals surface area contributed by atoms with Crippen molar-refractivity contribution in [3.63, 3.8) is 0 Å². The Balaban J connectivity index is 1.79. The molecule has 2 amide bonds. The fourth-order valence-electron chi connectivity index (χ4n) is 2.25. The van der Waals surface area contributed by atoms with Gasteiger partial charge in [-0.15, -0.1) is 0 Å². The first-order chi connectivity index (χ1) is 10.2. The molecule has 5 nitrogen and oxygen atoms in total. The third-order valence-electron chi connectivity index (χ3n) is 3.38. The zero-order valence-corrected chi connectivity index (χ0v) is 11.8. The molecule has 0 radical (unpaired) electrons. The second kappa shape index (κ2) is 7.73. The number of ether oxygens (including phenoxy) is 1. The monoisotopic (exact) mass is 294 g/mol. The third-order valence-corrected chi connectivity index (χ3v) is 3.38. The van der Waals surface area contributed by atoms with Gasteiger partial charge in [0.25, 0.3) is 0 Å². The molecule has 0 spiro atoms. The molecule has 1 atom stereocenters. The van der Waals surface area contributed by atoms with Crippen molar-refractivity contribution in [3.8, 4) is 0 Å². The molecule has 1 aliphatic heterocycles. The van der Waals surface area contributed by atoms with Crippen LogP contribution in [0.15, 0.2) is 24.3 Å². The molecule has 0 bridgehead atoms. The van der Waals surface area contributed by atoms with E-state index < -0.39 is 0 Å². The Morgan fingerprint density at radius 3 is 2.95 bits per heavy atom. The number of carbonyl (C=O) groups is 2. The van der Waals surface area contributed by atoms with Gasteiger partial charge in [0.05, 0.1) is 12.6 Å². The molecule has 21 heavy (non-hydrogen) atoms. The van der Waals surface area contributed by atoms with Gasteiger partial charge in [-0.05, 0) is 18.9 Å². The van der Waals surface area contributed by atoms with Crippen LogP contribution in [0.5, 0.6) is 0 Å². The fraction of sp³-hybridized carbons (Fsp3) is 0.467. The molecule has 1 heterocycles. The Morgan fingerprint density at radius 1 is 1.48 bits per heavy atom. The lowest BCUT2D eigenvalue weighted by atomic mass is 10.2. The summed E-state index contributed by atoms with van der Waals surface area (Å²) in [6, 6.07) is 6.20. The van der Waals surface area contributed by atoms with Crippen LogP contribution in [-0.2, 0) is 20.9 Å². The van der Waals surface area contributed by atoms with Gasteiger partial charge in [-0.2, -0.15) is 0 Å². The minimum absolute atomic E-state index is 0.0604. The summed E-state index contributed by atoms with van der Waals surface area (Å²) in [7, 11) is 0. The molecule has 0 saturated carbocycles. The van der Waals surface area contributed by atoms with Crippen molar-refractivity contribution < 1.29 is 18.7 Å². The maximum Gasteiger partial charge on any atom is 0.239 e. The van der Waals surface area contributed by atoms with E-state index in [1.54, 1.807) is 18.2 Å². The van der Waals surface area contributed by atoms with Crippen molar-refractivity contribution in [1.82, 2.24) is 10.2 Å². The molecule has 0 aliphatic carbocycles. The highest BCUT2D eigenvalue weighted by Gasteiger charge is 2.17. The SMILES string of the molecule is O=CN(CC(=O)NCC1CCCO1)Cc1ccccc1F. The van der Waals surface area contributed by atoms with Crippen LogP contribution in [0, 0.1) is 5.82 Å². The summed E-state index contributed by atoms with van der Waals surface area (Å²) in [5, 5.41) is 2.73. The summed E-state index contributed by atoms with van der Waals surface area (Å²) >= 11 is 0. The lowest BCUT2D eigenvalue weighted by Crippen LogP contribution is -2.39. The summed E-state index contributed by atoms with van der Waals surface area (Å²) in [6.07, 6.45) is 2.56. The van der Waals surface area contributed by atoms with E-state index in [1.165, 1.54) is 11.0 Å². The third kappa shape index (κ3) is 4.82. The number of rotatable bonds is 7. The Bertz CT molecular complexity index is 490. The maximum absolute atomic E-state index is 13.5. The van der Waals surface area contributed by atoms with E-state index in [9.17, 15) is 14.0 Å². The second-order valence-corrected chi connectivity index (χ2v) is 5.04. The maximum atomic E-state index is 13.5. The van der Waals surface area contributed by atoms with Gasteiger partial charge in [-0.3, -0.25) is 9.59 Å². The smallest absolute Gasteiger partial charge is 0.239 e. The van der Waals surface area contributed by atoms with Crippen LogP contribution in [-0.4, -0.2) is 43.0 Å². The molecule has 114 valence electrons. The van der Waals surface area contributed by atoms with Gasteiger partial charge in [0.15, 0.2) is 0 Å². The first-order valence-electron chi connectivity index (χ1n) is 7.00.